The highest BCUT2D eigenvalue weighted by Crippen LogP contribution is 2.31. The van der Waals surface area contributed by atoms with Crippen molar-refractivity contribution in [3.05, 3.63) is 126 Å². The number of nitrogens with one attached hydrogen (secondary N) is 2. The van der Waals surface area contributed by atoms with Gasteiger partial charge in [-0.1, -0.05) is 84.9 Å². The lowest BCUT2D eigenvalue weighted by molar-refractivity contribution is -0.120. The molecule has 1 heterocycles. The third-order valence-corrected chi connectivity index (χ3v) is 6.74. The Morgan fingerprint density at radius 3 is 2.19 bits per heavy atom. The number of hydrogen-bond acceptors (Lipinski definition) is 2. The lowest BCUT2D eigenvalue weighted by atomic mass is 9.90. The average molecular weight is 474 g/mol. The molecule has 4 heteroatoms. The second-order valence-corrected chi connectivity index (χ2v) is 9.37. The van der Waals surface area contributed by atoms with Crippen molar-refractivity contribution in [3.63, 3.8) is 0 Å². The molecule has 1 amide bonds. The van der Waals surface area contributed by atoms with Crippen LogP contribution in [0.5, 0.6) is 0 Å². The molecule has 0 aliphatic rings. The number of aromatic nitrogens is 1. The summed E-state index contributed by atoms with van der Waals surface area (Å²) < 4.78 is 0. The zero-order valence-corrected chi connectivity index (χ0v) is 20.7. The fraction of sp³-hybridized carbons (Fsp3) is 0.156. The van der Waals surface area contributed by atoms with E-state index in [-0.39, 0.29) is 11.8 Å². The lowest BCUT2D eigenvalue weighted by Gasteiger charge is -2.20. The number of benzene rings is 4. The molecule has 0 aliphatic carbocycles. The highest BCUT2D eigenvalue weighted by atomic mass is 16.1. The molecule has 36 heavy (non-hydrogen) atoms. The topological polar surface area (TPSA) is 48.1 Å². The highest BCUT2D eigenvalue weighted by Gasteiger charge is 2.19. The summed E-state index contributed by atoms with van der Waals surface area (Å²) in [4.78, 5) is 18.4. The SMILES string of the molecule is CN(C)c1ccc([C@@H](CNC(=O)Cc2ccc(-c3ccccc3)cc2)c2c[nH]c3ccccc23)cc1. The fourth-order valence-corrected chi connectivity index (χ4v) is 4.70. The Balaban J connectivity index is 1.32. The van der Waals surface area contributed by atoms with Crippen molar-refractivity contribution in [2.45, 2.75) is 12.3 Å². The summed E-state index contributed by atoms with van der Waals surface area (Å²) in [6, 6.07) is 35.4. The number of H-pyrrole nitrogens is 1. The second kappa shape index (κ2) is 10.5. The van der Waals surface area contributed by atoms with Gasteiger partial charge in [0.1, 0.15) is 0 Å². The summed E-state index contributed by atoms with van der Waals surface area (Å²) in [5.41, 5.74) is 7.96. The van der Waals surface area contributed by atoms with Crippen molar-refractivity contribution < 1.29 is 4.79 Å². The van der Waals surface area contributed by atoms with E-state index in [4.69, 9.17) is 0 Å². The number of carbonyl (C=O) groups excluding carboxylic acids is 1. The van der Waals surface area contributed by atoms with Crippen molar-refractivity contribution in [2.24, 2.45) is 0 Å². The Labute approximate surface area is 212 Å². The van der Waals surface area contributed by atoms with Gasteiger partial charge in [0.25, 0.3) is 0 Å². The Hall–Kier alpha value is -4.31. The van der Waals surface area contributed by atoms with Gasteiger partial charge in [0.2, 0.25) is 5.91 Å². The van der Waals surface area contributed by atoms with E-state index >= 15 is 0 Å². The van der Waals surface area contributed by atoms with Gasteiger partial charge in [0, 0.05) is 49.3 Å². The summed E-state index contributed by atoms with van der Waals surface area (Å²) in [6.07, 6.45) is 2.43. The summed E-state index contributed by atoms with van der Waals surface area (Å²) >= 11 is 0. The summed E-state index contributed by atoms with van der Waals surface area (Å²) in [5.74, 6) is 0.0685. The van der Waals surface area contributed by atoms with Gasteiger partial charge in [-0.25, -0.2) is 0 Å². The molecule has 0 saturated heterocycles. The van der Waals surface area contributed by atoms with Gasteiger partial charge in [-0.2, -0.15) is 0 Å². The molecule has 0 fully saturated rings. The molecule has 180 valence electrons. The van der Waals surface area contributed by atoms with Gasteiger partial charge in [-0.3, -0.25) is 4.79 Å². The molecule has 0 unspecified atom stereocenters. The van der Waals surface area contributed by atoms with Gasteiger partial charge in [-0.15, -0.1) is 0 Å². The van der Waals surface area contributed by atoms with E-state index in [0.29, 0.717) is 13.0 Å². The van der Waals surface area contributed by atoms with E-state index in [1.807, 2.05) is 50.5 Å². The molecule has 4 nitrogen and oxygen atoms in total. The maximum absolute atomic E-state index is 13.0. The van der Waals surface area contributed by atoms with Crippen LogP contribution in [-0.4, -0.2) is 31.5 Å². The van der Waals surface area contributed by atoms with Crippen LogP contribution in [-0.2, 0) is 11.2 Å². The van der Waals surface area contributed by atoms with Gasteiger partial charge in [0.15, 0.2) is 0 Å². The first-order chi connectivity index (χ1) is 17.6. The van der Waals surface area contributed by atoms with E-state index in [9.17, 15) is 4.79 Å². The van der Waals surface area contributed by atoms with Crippen LogP contribution >= 0.6 is 0 Å². The predicted octanol–water partition coefficient (Wildman–Crippen LogP) is 6.39. The van der Waals surface area contributed by atoms with Crippen LogP contribution in [0.2, 0.25) is 0 Å². The molecular formula is C32H31N3O. The minimum atomic E-state index is 0.0252. The maximum Gasteiger partial charge on any atom is 0.224 e. The van der Waals surface area contributed by atoms with Crippen LogP contribution in [0.25, 0.3) is 22.0 Å². The molecule has 4 aromatic carbocycles. The molecule has 5 aromatic rings. The van der Waals surface area contributed by atoms with Gasteiger partial charge >= 0.3 is 0 Å². The molecule has 1 aromatic heterocycles. The zero-order valence-electron chi connectivity index (χ0n) is 20.7. The van der Waals surface area contributed by atoms with E-state index in [1.165, 1.54) is 22.1 Å². The summed E-state index contributed by atoms with van der Waals surface area (Å²) in [7, 11) is 4.08. The van der Waals surface area contributed by atoms with E-state index in [0.717, 1.165) is 22.3 Å². The van der Waals surface area contributed by atoms with Crippen LogP contribution < -0.4 is 10.2 Å². The molecule has 2 N–H and O–H groups in total. The molecule has 0 aliphatic heterocycles. The monoisotopic (exact) mass is 473 g/mol. The van der Waals surface area contributed by atoms with Crippen molar-refractivity contribution >= 4 is 22.5 Å². The second-order valence-electron chi connectivity index (χ2n) is 9.37. The number of hydrogen-bond donors (Lipinski definition) is 2. The molecule has 0 bridgehead atoms. The Bertz CT molecular complexity index is 1430. The predicted molar refractivity (Wildman–Crippen MR) is 150 cm³/mol. The van der Waals surface area contributed by atoms with E-state index < -0.39 is 0 Å². The molecule has 0 radical (unpaired) electrons. The van der Waals surface area contributed by atoms with Crippen molar-refractivity contribution in [3.8, 4) is 11.1 Å². The van der Waals surface area contributed by atoms with Crippen LogP contribution in [0.15, 0.2) is 109 Å². The standard InChI is InChI=1S/C32H31N3O/c1-35(2)27-18-16-26(17-19-27)29(30-22-33-31-11-7-6-10-28(30)31)21-34-32(36)20-23-12-14-25(15-13-23)24-8-4-3-5-9-24/h3-19,22,29,33H,20-21H2,1-2H3,(H,34,36)/t29-/m1/s1. The van der Waals surface area contributed by atoms with Crippen LogP contribution in [0, 0.1) is 0 Å². The number of amides is 1. The zero-order chi connectivity index (χ0) is 24.9. The number of aromatic amines is 1. The number of rotatable bonds is 8. The van der Waals surface area contributed by atoms with Crippen LogP contribution in [0.3, 0.4) is 0 Å². The average Bonchev–Trinajstić information content (AvgIpc) is 3.34. The number of anilines is 1. The van der Waals surface area contributed by atoms with Gasteiger partial charge in [-0.05, 0) is 46.0 Å². The highest BCUT2D eigenvalue weighted by molar-refractivity contribution is 5.84. The number of fused-ring (bicyclic) bond motifs is 1. The largest absolute Gasteiger partial charge is 0.378 e. The molecule has 0 spiro atoms. The third kappa shape index (κ3) is 5.18. The first-order valence-corrected chi connectivity index (χ1v) is 12.3. The number of para-hydroxylation sites is 1. The minimum absolute atomic E-state index is 0.0252. The van der Waals surface area contributed by atoms with Crippen molar-refractivity contribution in [1.82, 2.24) is 10.3 Å². The molecular weight excluding hydrogens is 442 g/mol. The minimum Gasteiger partial charge on any atom is -0.378 e. The van der Waals surface area contributed by atoms with E-state index in [2.05, 4.69) is 88.1 Å². The smallest absolute Gasteiger partial charge is 0.224 e. The number of nitrogens with zero attached hydrogens (tertiary/aromatic N) is 1. The molecule has 1 atom stereocenters. The first-order valence-electron chi connectivity index (χ1n) is 12.3. The Morgan fingerprint density at radius 2 is 1.47 bits per heavy atom. The van der Waals surface area contributed by atoms with Gasteiger partial charge in [0.05, 0.1) is 6.42 Å². The van der Waals surface area contributed by atoms with Crippen molar-refractivity contribution in [2.75, 3.05) is 25.5 Å². The Kier molecular flexibility index (Phi) is 6.85. The van der Waals surface area contributed by atoms with Crippen LogP contribution in [0.1, 0.15) is 22.6 Å². The normalized spacial score (nSPS) is 11.8. The fourth-order valence-electron chi connectivity index (χ4n) is 4.70. The maximum atomic E-state index is 13.0. The van der Waals surface area contributed by atoms with Crippen LogP contribution in [0.4, 0.5) is 5.69 Å². The lowest BCUT2D eigenvalue weighted by Crippen LogP contribution is -2.30. The van der Waals surface area contributed by atoms with Crippen molar-refractivity contribution in [1.29, 1.82) is 0 Å². The first kappa shape index (κ1) is 23.4. The van der Waals surface area contributed by atoms with Gasteiger partial charge < -0.3 is 15.2 Å². The molecule has 0 saturated carbocycles. The summed E-state index contributed by atoms with van der Waals surface area (Å²) in [6.45, 7) is 0.532. The van der Waals surface area contributed by atoms with E-state index in [1.54, 1.807) is 0 Å². The summed E-state index contributed by atoms with van der Waals surface area (Å²) in [5, 5.41) is 4.39. The number of carbonyl (C=O) groups is 1. The third-order valence-electron chi connectivity index (χ3n) is 6.74. The quantitative estimate of drug-likeness (QED) is 0.274. The Morgan fingerprint density at radius 1 is 0.806 bits per heavy atom. The molecule has 5 rings (SSSR count).